The molecule has 0 atom stereocenters. The van der Waals surface area contributed by atoms with Crippen LogP contribution in [0.25, 0.3) is 11.4 Å². The number of carbonyl (C=O) groups is 1. The van der Waals surface area contributed by atoms with Gasteiger partial charge in [-0.2, -0.15) is 5.21 Å². The molecule has 0 aliphatic heterocycles. The number of nitrogens with one attached hydrogen (secondary N) is 1. The van der Waals surface area contributed by atoms with E-state index in [1.807, 2.05) is 0 Å². The van der Waals surface area contributed by atoms with Crippen LogP contribution in [0, 0.1) is 0 Å². The van der Waals surface area contributed by atoms with Crippen molar-refractivity contribution in [3.63, 3.8) is 0 Å². The quantitative estimate of drug-likeness (QED) is 0.705. The summed E-state index contributed by atoms with van der Waals surface area (Å²) in [6, 6.07) is 4.51. The molecule has 0 spiro atoms. The second kappa shape index (κ2) is 3.49. The van der Waals surface area contributed by atoms with Crippen LogP contribution in [0.1, 0.15) is 17.3 Å². The molecule has 0 bridgehead atoms. The number of rotatable bonds is 2. The topological polar surface area (TPSA) is 91.8 Å². The summed E-state index contributed by atoms with van der Waals surface area (Å²) < 4.78 is 0. The largest absolute Gasteiger partial charge is 0.507 e. The van der Waals surface area contributed by atoms with Crippen LogP contribution >= 0.6 is 0 Å². The summed E-state index contributed by atoms with van der Waals surface area (Å²) in [4.78, 5) is 11.1. The summed E-state index contributed by atoms with van der Waals surface area (Å²) in [7, 11) is 0. The lowest BCUT2D eigenvalue weighted by atomic mass is 10.1. The monoisotopic (exact) mass is 204 g/mol. The molecular formula is C9H8N4O2. The van der Waals surface area contributed by atoms with Crippen LogP contribution in [0.5, 0.6) is 5.75 Å². The summed E-state index contributed by atoms with van der Waals surface area (Å²) in [6.07, 6.45) is 0. The lowest BCUT2D eigenvalue weighted by Gasteiger charge is -2.01. The molecule has 0 radical (unpaired) electrons. The molecule has 0 aliphatic rings. The molecule has 1 aromatic heterocycles. The third-order valence-electron chi connectivity index (χ3n) is 1.99. The minimum atomic E-state index is -0.0836. The second-order valence-electron chi connectivity index (χ2n) is 3.02. The van der Waals surface area contributed by atoms with Crippen molar-refractivity contribution in [3.05, 3.63) is 23.8 Å². The molecule has 15 heavy (non-hydrogen) atoms. The third-order valence-corrected chi connectivity index (χ3v) is 1.99. The number of aromatic amines is 1. The van der Waals surface area contributed by atoms with Gasteiger partial charge < -0.3 is 5.11 Å². The normalized spacial score (nSPS) is 10.2. The Hall–Kier alpha value is -2.24. The Morgan fingerprint density at radius 1 is 1.47 bits per heavy atom. The van der Waals surface area contributed by atoms with Crippen molar-refractivity contribution in [2.45, 2.75) is 6.92 Å². The van der Waals surface area contributed by atoms with Gasteiger partial charge in [0.1, 0.15) is 5.75 Å². The van der Waals surface area contributed by atoms with E-state index in [9.17, 15) is 9.90 Å². The molecule has 0 saturated carbocycles. The van der Waals surface area contributed by atoms with Crippen molar-refractivity contribution >= 4 is 5.78 Å². The van der Waals surface area contributed by atoms with Gasteiger partial charge in [-0.1, -0.05) is 0 Å². The maximum absolute atomic E-state index is 11.1. The molecule has 6 nitrogen and oxygen atoms in total. The van der Waals surface area contributed by atoms with E-state index in [4.69, 9.17) is 0 Å². The molecule has 0 fully saturated rings. The average molecular weight is 204 g/mol. The number of phenolic OH excluding ortho intramolecular Hbond substituents is 1. The molecule has 0 saturated heterocycles. The highest BCUT2D eigenvalue weighted by Gasteiger charge is 2.11. The highest BCUT2D eigenvalue weighted by molar-refractivity contribution is 5.95. The third kappa shape index (κ3) is 1.69. The van der Waals surface area contributed by atoms with E-state index < -0.39 is 0 Å². The molecule has 1 heterocycles. The van der Waals surface area contributed by atoms with Gasteiger partial charge in [0.25, 0.3) is 0 Å². The van der Waals surface area contributed by atoms with Gasteiger partial charge in [-0.15, -0.1) is 10.2 Å². The number of carbonyl (C=O) groups excluding carboxylic acids is 1. The van der Waals surface area contributed by atoms with E-state index >= 15 is 0 Å². The molecule has 0 amide bonds. The first-order valence-electron chi connectivity index (χ1n) is 4.26. The Morgan fingerprint density at radius 3 is 2.87 bits per heavy atom. The van der Waals surface area contributed by atoms with Crippen molar-refractivity contribution in [1.82, 2.24) is 20.6 Å². The lowest BCUT2D eigenvalue weighted by molar-refractivity contribution is 0.101. The van der Waals surface area contributed by atoms with Crippen molar-refractivity contribution in [3.8, 4) is 17.1 Å². The second-order valence-corrected chi connectivity index (χ2v) is 3.02. The Bertz CT molecular complexity index is 493. The minimum absolute atomic E-state index is 0.0152. The van der Waals surface area contributed by atoms with Crippen LogP contribution in [-0.4, -0.2) is 31.5 Å². The zero-order valence-electron chi connectivity index (χ0n) is 7.93. The highest BCUT2D eigenvalue weighted by atomic mass is 16.3. The van der Waals surface area contributed by atoms with Gasteiger partial charge in [-0.05, 0) is 30.3 Å². The number of hydrogen-bond donors (Lipinski definition) is 2. The maximum atomic E-state index is 11.1. The Kier molecular flexibility index (Phi) is 2.17. The van der Waals surface area contributed by atoms with Gasteiger partial charge in [0.05, 0.1) is 5.56 Å². The smallest absolute Gasteiger partial charge is 0.208 e. The SMILES string of the molecule is CC(=O)c1ccc(O)c(-c2nn[nH]n2)c1. The van der Waals surface area contributed by atoms with Gasteiger partial charge in [-0.3, -0.25) is 4.79 Å². The zero-order chi connectivity index (χ0) is 10.8. The van der Waals surface area contributed by atoms with Crippen LogP contribution in [0.15, 0.2) is 18.2 Å². The fourth-order valence-corrected chi connectivity index (χ4v) is 1.21. The molecule has 2 rings (SSSR count). The number of hydrogen-bond acceptors (Lipinski definition) is 5. The molecular weight excluding hydrogens is 196 g/mol. The number of H-pyrrole nitrogens is 1. The average Bonchev–Trinajstić information content (AvgIpc) is 2.71. The van der Waals surface area contributed by atoms with Gasteiger partial charge in [0.2, 0.25) is 5.82 Å². The molecule has 2 aromatic rings. The number of tetrazole rings is 1. The van der Waals surface area contributed by atoms with E-state index in [1.165, 1.54) is 19.1 Å². The van der Waals surface area contributed by atoms with Crippen LogP contribution < -0.4 is 0 Å². The summed E-state index contributed by atoms with van der Waals surface area (Å²) in [5.74, 6) is 0.191. The predicted octanol–water partition coefficient (Wildman–Crippen LogP) is 0.775. The van der Waals surface area contributed by atoms with Crippen LogP contribution in [-0.2, 0) is 0 Å². The van der Waals surface area contributed by atoms with Crippen molar-refractivity contribution < 1.29 is 9.90 Å². The van der Waals surface area contributed by atoms with Crippen molar-refractivity contribution in [2.75, 3.05) is 0 Å². The van der Waals surface area contributed by atoms with E-state index in [1.54, 1.807) is 6.07 Å². The van der Waals surface area contributed by atoms with Crippen molar-refractivity contribution in [2.24, 2.45) is 0 Å². The first kappa shape index (κ1) is 9.32. The molecule has 76 valence electrons. The van der Waals surface area contributed by atoms with Crippen LogP contribution in [0.3, 0.4) is 0 Å². The van der Waals surface area contributed by atoms with Crippen LogP contribution in [0.2, 0.25) is 0 Å². The molecule has 2 N–H and O–H groups in total. The number of Topliss-reactive ketones (excluding diaryl/α,β-unsaturated/α-hetero) is 1. The predicted molar refractivity (Wildman–Crippen MR) is 51.3 cm³/mol. The lowest BCUT2D eigenvalue weighted by Crippen LogP contribution is -1.93. The maximum Gasteiger partial charge on any atom is 0.208 e. The summed E-state index contributed by atoms with van der Waals surface area (Å²) in [5, 5.41) is 22.7. The Morgan fingerprint density at radius 2 is 2.27 bits per heavy atom. The molecule has 6 heteroatoms. The highest BCUT2D eigenvalue weighted by Crippen LogP contribution is 2.26. The fourth-order valence-electron chi connectivity index (χ4n) is 1.21. The van der Waals surface area contributed by atoms with Gasteiger partial charge in [-0.25, -0.2) is 0 Å². The van der Waals surface area contributed by atoms with E-state index in [2.05, 4.69) is 20.6 Å². The summed E-state index contributed by atoms with van der Waals surface area (Å²) >= 11 is 0. The standard InChI is InChI=1S/C9H8N4O2/c1-5(14)6-2-3-8(15)7(4-6)9-10-12-13-11-9/h2-4,15H,1H3,(H,10,11,12,13). The summed E-state index contributed by atoms with van der Waals surface area (Å²) in [5.41, 5.74) is 0.879. The first-order valence-corrected chi connectivity index (χ1v) is 4.26. The number of benzene rings is 1. The summed E-state index contributed by atoms with van der Waals surface area (Å²) in [6.45, 7) is 1.45. The Balaban J connectivity index is 2.55. The number of aromatic hydroxyl groups is 1. The first-order chi connectivity index (χ1) is 7.18. The van der Waals surface area contributed by atoms with Crippen LogP contribution in [0.4, 0.5) is 0 Å². The van der Waals surface area contributed by atoms with Gasteiger partial charge in [0.15, 0.2) is 5.78 Å². The molecule has 0 unspecified atom stereocenters. The number of nitrogens with zero attached hydrogens (tertiary/aromatic N) is 3. The zero-order valence-corrected chi connectivity index (χ0v) is 7.93. The molecule has 0 aliphatic carbocycles. The number of aromatic nitrogens is 4. The fraction of sp³-hybridized carbons (Fsp3) is 0.111. The number of phenols is 1. The number of ketones is 1. The van der Waals surface area contributed by atoms with Crippen molar-refractivity contribution in [1.29, 1.82) is 0 Å². The minimum Gasteiger partial charge on any atom is -0.507 e. The van der Waals surface area contributed by atoms with E-state index in [0.717, 1.165) is 0 Å². The molecule has 1 aromatic carbocycles. The van der Waals surface area contributed by atoms with E-state index in [-0.39, 0.29) is 17.4 Å². The van der Waals surface area contributed by atoms with Gasteiger partial charge >= 0.3 is 0 Å². The van der Waals surface area contributed by atoms with E-state index in [0.29, 0.717) is 11.1 Å². The Labute approximate surface area is 84.9 Å². The van der Waals surface area contributed by atoms with Gasteiger partial charge in [0, 0.05) is 5.56 Å².